The van der Waals surface area contributed by atoms with Crippen molar-refractivity contribution >= 4 is 21.6 Å². The molecule has 6 heteroatoms. The molecule has 1 aliphatic carbocycles. The van der Waals surface area contributed by atoms with E-state index in [0.29, 0.717) is 18.0 Å². The number of amides is 1. The number of benzene rings is 1. The van der Waals surface area contributed by atoms with E-state index in [1.165, 1.54) is 12.1 Å². The molecular formula is C12H16N2O3S. The van der Waals surface area contributed by atoms with Crippen LogP contribution in [0, 0.1) is 5.92 Å². The Bertz CT molecular complexity index is 547. The standard InChI is InChI=1S/C12H16N2O3S/c1-14(12(15)8-9-2-3-9)10-4-6-11(7-5-10)18(13,16)17/h4-7,9H,2-3,8H2,1H3,(H2,13,16,17). The van der Waals surface area contributed by atoms with Crippen molar-refractivity contribution in [2.45, 2.75) is 24.2 Å². The number of anilines is 1. The van der Waals surface area contributed by atoms with E-state index in [2.05, 4.69) is 0 Å². The van der Waals surface area contributed by atoms with Crippen molar-refractivity contribution in [3.05, 3.63) is 24.3 Å². The summed E-state index contributed by atoms with van der Waals surface area (Å²) in [6.07, 6.45) is 2.82. The Labute approximate surface area is 107 Å². The van der Waals surface area contributed by atoms with Crippen LogP contribution >= 0.6 is 0 Å². The fourth-order valence-corrected chi connectivity index (χ4v) is 2.22. The van der Waals surface area contributed by atoms with Crippen molar-refractivity contribution in [1.29, 1.82) is 0 Å². The van der Waals surface area contributed by atoms with Crippen molar-refractivity contribution in [1.82, 2.24) is 0 Å². The highest BCUT2D eigenvalue weighted by Gasteiger charge is 2.26. The third-order valence-corrected chi connectivity index (χ3v) is 4.02. The van der Waals surface area contributed by atoms with E-state index in [9.17, 15) is 13.2 Å². The number of primary sulfonamides is 1. The Morgan fingerprint density at radius 3 is 2.33 bits per heavy atom. The summed E-state index contributed by atoms with van der Waals surface area (Å²) in [7, 11) is -1.99. The van der Waals surface area contributed by atoms with E-state index in [4.69, 9.17) is 5.14 Å². The molecule has 1 amide bonds. The second-order valence-electron chi connectivity index (χ2n) is 4.64. The first-order valence-corrected chi connectivity index (χ1v) is 7.32. The fourth-order valence-electron chi connectivity index (χ4n) is 1.71. The lowest BCUT2D eigenvalue weighted by atomic mass is 10.2. The second kappa shape index (κ2) is 4.70. The molecule has 1 aliphatic rings. The van der Waals surface area contributed by atoms with Gasteiger partial charge < -0.3 is 4.90 Å². The highest BCUT2D eigenvalue weighted by atomic mass is 32.2. The lowest BCUT2D eigenvalue weighted by molar-refractivity contribution is -0.118. The van der Waals surface area contributed by atoms with E-state index >= 15 is 0 Å². The second-order valence-corrected chi connectivity index (χ2v) is 6.20. The number of sulfonamides is 1. The van der Waals surface area contributed by atoms with E-state index in [1.54, 1.807) is 24.1 Å². The number of hydrogen-bond acceptors (Lipinski definition) is 3. The predicted octanol–water partition coefficient (Wildman–Crippen LogP) is 1.10. The molecule has 0 atom stereocenters. The molecule has 0 spiro atoms. The molecule has 0 radical (unpaired) electrons. The van der Waals surface area contributed by atoms with Gasteiger partial charge in [-0.2, -0.15) is 0 Å². The van der Waals surface area contributed by atoms with Gasteiger partial charge >= 0.3 is 0 Å². The SMILES string of the molecule is CN(C(=O)CC1CC1)c1ccc(S(N)(=O)=O)cc1. The van der Waals surface area contributed by atoms with Crippen LogP contribution in [-0.2, 0) is 14.8 Å². The summed E-state index contributed by atoms with van der Waals surface area (Å²) in [5.41, 5.74) is 0.674. The van der Waals surface area contributed by atoms with Crippen molar-refractivity contribution in [2.24, 2.45) is 11.1 Å². The summed E-state index contributed by atoms with van der Waals surface area (Å²) in [4.78, 5) is 13.5. The van der Waals surface area contributed by atoms with Crippen LogP contribution in [0.5, 0.6) is 0 Å². The molecule has 1 saturated carbocycles. The van der Waals surface area contributed by atoms with Crippen LogP contribution in [0.4, 0.5) is 5.69 Å². The van der Waals surface area contributed by atoms with Crippen molar-refractivity contribution in [3.8, 4) is 0 Å². The van der Waals surface area contributed by atoms with Gasteiger partial charge in [-0.3, -0.25) is 4.79 Å². The minimum atomic E-state index is -3.68. The van der Waals surface area contributed by atoms with Crippen LogP contribution in [0.1, 0.15) is 19.3 Å². The summed E-state index contributed by atoms with van der Waals surface area (Å²) in [6.45, 7) is 0. The van der Waals surface area contributed by atoms with E-state index in [-0.39, 0.29) is 10.8 Å². The van der Waals surface area contributed by atoms with E-state index in [1.807, 2.05) is 0 Å². The molecule has 0 aromatic heterocycles. The first kappa shape index (κ1) is 13.0. The molecule has 1 aromatic rings. The minimum Gasteiger partial charge on any atom is -0.315 e. The van der Waals surface area contributed by atoms with Crippen LogP contribution in [0.3, 0.4) is 0 Å². The average molecular weight is 268 g/mol. The smallest absolute Gasteiger partial charge is 0.238 e. The zero-order valence-corrected chi connectivity index (χ0v) is 11.0. The average Bonchev–Trinajstić information content (AvgIpc) is 3.11. The number of hydrogen-bond donors (Lipinski definition) is 1. The predicted molar refractivity (Wildman–Crippen MR) is 68.6 cm³/mol. The Morgan fingerprint density at radius 1 is 1.33 bits per heavy atom. The number of nitrogens with two attached hydrogens (primary N) is 1. The number of carbonyl (C=O) groups is 1. The maximum absolute atomic E-state index is 11.9. The molecule has 0 heterocycles. The lowest BCUT2D eigenvalue weighted by Crippen LogP contribution is -2.26. The quantitative estimate of drug-likeness (QED) is 0.887. The van der Waals surface area contributed by atoms with Gasteiger partial charge in [0, 0.05) is 19.2 Å². The van der Waals surface area contributed by atoms with Gasteiger partial charge in [0.25, 0.3) is 0 Å². The number of nitrogens with zero attached hydrogens (tertiary/aromatic N) is 1. The molecule has 1 aromatic carbocycles. The van der Waals surface area contributed by atoms with Crippen LogP contribution in [0.15, 0.2) is 29.2 Å². The lowest BCUT2D eigenvalue weighted by Gasteiger charge is -2.17. The third kappa shape index (κ3) is 3.08. The van der Waals surface area contributed by atoms with Gasteiger partial charge in [-0.1, -0.05) is 0 Å². The van der Waals surface area contributed by atoms with Gasteiger partial charge in [-0.25, -0.2) is 13.6 Å². The maximum Gasteiger partial charge on any atom is 0.238 e. The number of rotatable bonds is 4. The third-order valence-electron chi connectivity index (χ3n) is 3.09. The van der Waals surface area contributed by atoms with E-state index in [0.717, 1.165) is 12.8 Å². The maximum atomic E-state index is 11.9. The van der Waals surface area contributed by atoms with Gasteiger partial charge in [0.05, 0.1) is 4.90 Å². The van der Waals surface area contributed by atoms with Crippen LogP contribution in [-0.4, -0.2) is 21.4 Å². The van der Waals surface area contributed by atoms with Crippen molar-refractivity contribution < 1.29 is 13.2 Å². The van der Waals surface area contributed by atoms with Crippen LogP contribution < -0.4 is 10.0 Å². The zero-order valence-electron chi connectivity index (χ0n) is 10.2. The Kier molecular flexibility index (Phi) is 3.41. The Morgan fingerprint density at radius 2 is 1.89 bits per heavy atom. The molecule has 0 saturated heterocycles. The topological polar surface area (TPSA) is 80.5 Å². The van der Waals surface area contributed by atoms with Crippen LogP contribution in [0.2, 0.25) is 0 Å². The molecule has 5 nitrogen and oxygen atoms in total. The number of carbonyl (C=O) groups excluding carboxylic acids is 1. The molecule has 1 fully saturated rings. The summed E-state index contributed by atoms with van der Waals surface area (Å²) in [6, 6.07) is 5.99. The monoisotopic (exact) mass is 268 g/mol. The first-order valence-electron chi connectivity index (χ1n) is 5.77. The normalized spacial score (nSPS) is 15.4. The molecule has 0 unspecified atom stereocenters. The van der Waals surface area contributed by atoms with Crippen LogP contribution in [0.25, 0.3) is 0 Å². The Hall–Kier alpha value is -1.40. The molecule has 2 N–H and O–H groups in total. The fraction of sp³-hybridized carbons (Fsp3) is 0.417. The highest BCUT2D eigenvalue weighted by Crippen LogP contribution is 2.33. The Balaban J connectivity index is 2.10. The van der Waals surface area contributed by atoms with Gasteiger partial charge in [-0.05, 0) is 43.0 Å². The summed E-state index contributed by atoms with van der Waals surface area (Å²) in [5, 5.41) is 5.01. The molecule has 18 heavy (non-hydrogen) atoms. The first-order chi connectivity index (χ1) is 8.38. The minimum absolute atomic E-state index is 0.0503. The largest absolute Gasteiger partial charge is 0.315 e. The highest BCUT2D eigenvalue weighted by molar-refractivity contribution is 7.89. The van der Waals surface area contributed by atoms with Gasteiger partial charge in [-0.15, -0.1) is 0 Å². The molecule has 0 aliphatic heterocycles. The molecule has 0 bridgehead atoms. The van der Waals surface area contributed by atoms with Crippen molar-refractivity contribution in [3.63, 3.8) is 0 Å². The van der Waals surface area contributed by atoms with Gasteiger partial charge in [0.1, 0.15) is 0 Å². The molecular weight excluding hydrogens is 252 g/mol. The van der Waals surface area contributed by atoms with Gasteiger partial charge in [0.15, 0.2) is 0 Å². The summed E-state index contributed by atoms with van der Waals surface area (Å²) < 4.78 is 22.2. The molecule has 2 rings (SSSR count). The molecule has 98 valence electrons. The van der Waals surface area contributed by atoms with Gasteiger partial charge in [0.2, 0.25) is 15.9 Å². The van der Waals surface area contributed by atoms with E-state index < -0.39 is 10.0 Å². The summed E-state index contributed by atoms with van der Waals surface area (Å²) in [5.74, 6) is 0.587. The summed E-state index contributed by atoms with van der Waals surface area (Å²) >= 11 is 0. The zero-order chi connectivity index (χ0) is 13.3. The van der Waals surface area contributed by atoms with Crippen molar-refractivity contribution in [2.75, 3.05) is 11.9 Å².